The highest BCUT2D eigenvalue weighted by atomic mass is 16.2. The summed E-state index contributed by atoms with van der Waals surface area (Å²) in [4.78, 5) is 34.1. The van der Waals surface area contributed by atoms with Crippen LogP contribution in [0.5, 0.6) is 0 Å². The van der Waals surface area contributed by atoms with Crippen molar-refractivity contribution < 1.29 is 4.79 Å². The van der Waals surface area contributed by atoms with Gasteiger partial charge in [0.05, 0.1) is 11.9 Å². The first-order valence-corrected chi connectivity index (χ1v) is 6.17. The van der Waals surface area contributed by atoms with E-state index in [1.54, 1.807) is 41.5 Å². The van der Waals surface area contributed by atoms with Crippen molar-refractivity contribution in [3.8, 4) is 5.82 Å². The second-order valence-corrected chi connectivity index (χ2v) is 4.24. The zero-order valence-corrected chi connectivity index (χ0v) is 10.9. The van der Waals surface area contributed by atoms with Gasteiger partial charge in [-0.2, -0.15) is 0 Å². The number of aromatic nitrogens is 4. The smallest absolute Gasteiger partial charge is 0.261 e. The van der Waals surface area contributed by atoms with Crippen molar-refractivity contribution in [2.24, 2.45) is 0 Å². The number of nitrogens with zero attached hydrogens (tertiary/aromatic N) is 3. The number of hydrogen-bond acceptors (Lipinski definition) is 4. The average Bonchev–Trinajstić information content (AvgIpc) is 3.02. The number of carbonyl (C=O) groups excluding carboxylic acids is 1. The van der Waals surface area contributed by atoms with Crippen molar-refractivity contribution in [3.63, 3.8) is 0 Å². The van der Waals surface area contributed by atoms with Gasteiger partial charge in [-0.3, -0.25) is 14.2 Å². The third-order valence-electron chi connectivity index (χ3n) is 2.84. The van der Waals surface area contributed by atoms with Crippen LogP contribution in [-0.2, 0) is 0 Å². The quantitative estimate of drug-likeness (QED) is 0.754. The van der Waals surface area contributed by atoms with Crippen molar-refractivity contribution in [1.82, 2.24) is 19.5 Å². The highest BCUT2D eigenvalue weighted by Crippen LogP contribution is 2.10. The molecular formula is C14H11N5O2. The van der Waals surface area contributed by atoms with Gasteiger partial charge in [0.1, 0.15) is 17.7 Å². The third-order valence-corrected chi connectivity index (χ3v) is 2.84. The van der Waals surface area contributed by atoms with Crippen LogP contribution in [0.4, 0.5) is 5.69 Å². The third kappa shape index (κ3) is 2.71. The Hall–Kier alpha value is -3.22. The van der Waals surface area contributed by atoms with E-state index in [0.717, 1.165) is 0 Å². The van der Waals surface area contributed by atoms with Crippen molar-refractivity contribution in [2.75, 3.05) is 5.32 Å². The maximum Gasteiger partial charge on any atom is 0.261 e. The molecule has 0 fully saturated rings. The lowest BCUT2D eigenvalue weighted by Gasteiger charge is -2.05. The molecule has 0 aliphatic heterocycles. The molecule has 3 rings (SSSR count). The molecule has 0 saturated carbocycles. The largest absolute Gasteiger partial charge is 0.328 e. The molecule has 0 saturated heterocycles. The number of hydrogen-bond donors (Lipinski definition) is 2. The predicted octanol–water partition coefficient (Wildman–Crippen LogP) is 1.21. The zero-order chi connectivity index (χ0) is 14.7. The van der Waals surface area contributed by atoms with Gasteiger partial charge in [-0.05, 0) is 24.3 Å². The summed E-state index contributed by atoms with van der Waals surface area (Å²) < 4.78 is 1.74. The van der Waals surface area contributed by atoms with Gasteiger partial charge in [-0.25, -0.2) is 9.97 Å². The highest BCUT2D eigenvalue weighted by molar-refractivity contribution is 6.03. The molecular weight excluding hydrogens is 270 g/mol. The average molecular weight is 281 g/mol. The number of anilines is 1. The zero-order valence-electron chi connectivity index (χ0n) is 10.9. The minimum atomic E-state index is -0.478. The molecule has 3 aromatic rings. The fraction of sp³-hybridized carbons (Fsp3) is 0. The number of pyridine rings is 2. The van der Waals surface area contributed by atoms with Gasteiger partial charge in [-0.15, -0.1) is 0 Å². The second kappa shape index (κ2) is 5.41. The van der Waals surface area contributed by atoms with Gasteiger partial charge in [0.2, 0.25) is 0 Å². The molecule has 7 heteroatoms. The van der Waals surface area contributed by atoms with Crippen LogP contribution in [0.3, 0.4) is 0 Å². The van der Waals surface area contributed by atoms with Crippen LogP contribution in [-0.4, -0.2) is 25.4 Å². The summed E-state index contributed by atoms with van der Waals surface area (Å²) in [5.74, 6) is 0.206. The molecule has 0 radical (unpaired) electrons. The molecule has 3 heterocycles. The minimum Gasteiger partial charge on any atom is -0.328 e. The Bertz CT molecular complexity index is 806. The maximum absolute atomic E-state index is 12.0. The Labute approximate surface area is 119 Å². The van der Waals surface area contributed by atoms with Crippen molar-refractivity contribution in [2.45, 2.75) is 0 Å². The summed E-state index contributed by atoms with van der Waals surface area (Å²) in [5.41, 5.74) is 0.126. The van der Waals surface area contributed by atoms with Crippen LogP contribution < -0.4 is 10.9 Å². The summed E-state index contributed by atoms with van der Waals surface area (Å²) in [7, 11) is 0. The summed E-state index contributed by atoms with van der Waals surface area (Å²) in [5, 5.41) is 2.63. The highest BCUT2D eigenvalue weighted by Gasteiger charge is 2.10. The van der Waals surface area contributed by atoms with E-state index in [2.05, 4.69) is 20.3 Å². The first kappa shape index (κ1) is 12.8. The molecule has 0 bridgehead atoms. The van der Waals surface area contributed by atoms with Crippen LogP contribution >= 0.6 is 0 Å². The monoisotopic (exact) mass is 281 g/mol. The number of rotatable bonds is 3. The summed E-state index contributed by atoms with van der Waals surface area (Å²) in [6.45, 7) is 0. The van der Waals surface area contributed by atoms with Gasteiger partial charge in [0.15, 0.2) is 0 Å². The molecule has 1 amide bonds. The van der Waals surface area contributed by atoms with Gasteiger partial charge < -0.3 is 10.3 Å². The molecule has 0 aliphatic rings. The lowest BCUT2D eigenvalue weighted by molar-refractivity contribution is 0.102. The van der Waals surface area contributed by atoms with E-state index in [4.69, 9.17) is 0 Å². The molecule has 104 valence electrons. The first-order valence-electron chi connectivity index (χ1n) is 6.17. The molecule has 0 atom stereocenters. The van der Waals surface area contributed by atoms with E-state index >= 15 is 0 Å². The molecule has 21 heavy (non-hydrogen) atoms. The SMILES string of the molecule is O=C(Nc1ccc(-n2ccnc2)nc1)c1ccc[nH]c1=O. The standard InChI is InChI=1S/C14H11N5O2/c20-13-11(2-1-5-16-13)14(21)18-10-3-4-12(17-8-10)19-7-6-15-9-19/h1-9H,(H,16,20)(H,18,21). The Morgan fingerprint density at radius 2 is 2.19 bits per heavy atom. The lowest BCUT2D eigenvalue weighted by atomic mass is 10.2. The fourth-order valence-corrected chi connectivity index (χ4v) is 1.81. The molecule has 2 N–H and O–H groups in total. The number of aromatic amines is 1. The van der Waals surface area contributed by atoms with E-state index in [0.29, 0.717) is 11.5 Å². The lowest BCUT2D eigenvalue weighted by Crippen LogP contribution is -2.22. The first-order chi connectivity index (χ1) is 10.2. The Balaban J connectivity index is 1.78. The Morgan fingerprint density at radius 3 is 2.86 bits per heavy atom. The van der Waals surface area contributed by atoms with Crippen LogP contribution in [0.2, 0.25) is 0 Å². The number of carbonyl (C=O) groups is 1. The fourth-order valence-electron chi connectivity index (χ4n) is 1.81. The van der Waals surface area contributed by atoms with E-state index in [-0.39, 0.29) is 5.56 Å². The summed E-state index contributed by atoms with van der Waals surface area (Å²) in [6.07, 6.45) is 8.04. The normalized spacial score (nSPS) is 10.3. The van der Waals surface area contributed by atoms with Crippen LogP contribution in [0.25, 0.3) is 5.82 Å². The molecule has 0 aliphatic carbocycles. The van der Waals surface area contributed by atoms with Gasteiger partial charge in [0.25, 0.3) is 11.5 Å². The summed E-state index contributed by atoms with van der Waals surface area (Å²) >= 11 is 0. The number of H-pyrrole nitrogens is 1. The van der Waals surface area contributed by atoms with Gasteiger partial charge in [0, 0.05) is 18.6 Å². The van der Waals surface area contributed by atoms with E-state index in [1.807, 2.05) is 0 Å². The van der Waals surface area contributed by atoms with Crippen molar-refractivity contribution in [1.29, 1.82) is 0 Å². The van der Waals surface area contributed by atoms with E-state index in [1.165, 1.54) is 18.5 Å². The van der Waals surface area contributed by atoms with Gasteiger partial charge in [-0.1, -0.05) is 0 Å². The molecule has 0 spiro atoms. The molecule has 3 aromatic heterocycles. The number of imidazole rings is 1. The number of amides is 1. The van der Waals surface area contributed by atoms with Crippen LogP contribution in [0, 0.1) is 0 Å². The Kier molecular flexibility index (Phi) is 3.30. The molecule has 0 aromatic carbocycles. The van der Waals surface area contributed by atoms with Crippen LogP contribution in [0.15, 0.2) is 60.2 Å². The van der Waals surface area contributed by atoms with E-state index in [9.17, 15) is 9.59 Å². The van der Waals surface area contributed by atoms with Crippen molar-refractivity contribution >= 4 is 11.6 Å². The Morgan fingerprint density at radius 1 is 1.29 bits per heavy atom. The summed E-state index contributed by atoms with van der Waals surface area (Å²) in [6, 6.07) is 6.50. The minimum absolute atomic E-state index is 0.0520. The van der Waals surface area contributed by atoms with Crippen molar-refractivity contribution in [3.05, 3.63) is 71.3 Å². The second-order valence-electron chi connectivity index (χ2n) is 4.24. The maximum atomic E-state index is 12.0. The van der Waals surface area contributed by atoms with Crippen LogP contribution in [0.1, 0.15) is 10.4 Å². The molecule has 0 unspecified atom stereocenters. The van der Waals surface area contributed by atoms with E-state index < -0.39 is 11.5 Å². The number of nitrogens with one attached hydrogen (secondary N) is 2. The predicted molar refractivity (Wildman–Crippen MR) is 76.4 cm³/mol. The topological polar surface area (TPSA) is 92.7 Å². The molecule has 7 nitrogen and oxygen atoms in total. The van der Waals surface area contributed by atoms with Gasteiger partial charge >= 0.3 is 0 Å².